The molecule has 0 radical (unpaired) electrons. The van der Waals surface area contributed by atoms with E-state index in [1.165, 1.54) is 6.07 Å². The van der Waals surface area contributed by atoms with E-state index in [9.17, 15) is 8.78 Å². The van der Waals surface area contributed by atoms with E-state index >= 15 is 0 Å². The topological polar surface area (TPSA) is 55.9 Å². The fourth-order valence-electron chi connectivity index (χ4n) is 1.89. The summed E-state index contributed by atoms with van der Waals surface area (Å²) in [6.07, 6.45) is 1.88. The van der Waals surface area contributed by atoms with Crippen molar-refractivity contribution in [2.24, 2.45) is 12.9 Å². The molecule has 96 valence electrons. The molecule has 0 spiro atoms. The van der Waals surface area contributed by atoms with Gasteiger partial charge in [-0.3, -0.25) is 16.0 Å². The van der Waals surface area contributed by atoms with Gasteiger partial charge in [0.25, 0.3) is 0 Å². The van der Waals surface area contributed by atoms with Crippen LogP contribution in [0.25, 0.3) is 0 Å². The molecule has 0 amide bonds. The van der Waals surface area contributed by atoms with Crippen LogP contribution in [-0.2, 0) is 13.5 Å². The lowest BCUT2D eigenvalue weighted by Crippen LogP contribution is -2.31. The molecule has 6 heteroatoms. The second-order valence-corrected chi connectivity index (χ2v) is 4.04. The van der Waals surface area contributed by atoms with Crippen molar-refractivity contribution in [1.29, 1.82) is 0 Å². The minimum atomic E-state index is -0.466. The van der Waals surface area contributed by atoms with E-state index < -0.39 is 11.6 Å². The van der Waals surface area contributed by atoms with Crippen LogP contribution in [0.5, 0.6) is 0 Å². The van der Waals surface area contributed by atoms with Gasteiger partial charge in [-0.1, -0.05) is 0 Å². The summed E-state index contributed by atoms with van der Waals surface area (Å²) >= 11 is 0. The number of aromatic nitrogens is 2. The number of rotatable bonds is 4. The van der Waals surface area contributed by atoms with Crippen LogP contribution < -0.4 is 11.3 Å². The highest BCUT2D eigenvalue weighted by Gasteiger charge is 2.16. The number of nitrogens with two attached hydrogens (primary N) is 1. The number of benzene rings is 1. The van der Waals surface area contributed by atoms with Crippen LogP contribution in [-0.4, -0.2) is 9.78 Å². The Hall–Kier alpha value is -1.79. The van der Waals surface area contributed by atoms with Crippen molar-refractivity contribution in [3.05, 3.63) is 53.4 Å². The van der Waals surface area contributed by atoms with E-state index in [0.717, 1.165) is 17.8 Å². The van der Waals surface area contributed by atoms with Crippen molar-refractivity contribution in [2.75, 3.05) is 0 Å². The Kier molecular flexibility index (Phi) is 3.69. The molecule has 18 heavy (non-hydrogen) atoms. The SMILES string of the molecule is Cn1nccc1C(Cc1cc(F)ccc1F)NN. The average Bonchev–Trinajstić information content (AvgIpc) is 2.77. The maximum absolute atomic E-state index is 13.6. The molecule has 0 fully saturated rings. The minimum Gasteiger partial charge on any atom is -0.271 e. The number of halogens is 2. The number of nitrogens with one attached hydrogen (secondary N) is 1. The van der Waals surface area contributed by atoms with Crippen molar-refractivity contribution < 1.29 is 8.78 Å². The summed E-state index contributed by atoms with van der Waals surface area (Å²) in [5, 5.41) is 4.02. The Labute approximate surface area is 103 Å². The zero-order valence-electron chi connectivity index (χ0n) is 9.90. The molecule has 4 nitrogen and oxygen atoms in total. The second-order valence-electron chi connectivity index (χ2n) is 4.04. The Morgan fingerprint density at radius 1 is 1.39 bits per heavy atom. The molecule has 1 aromatic carbocycles. The molecular weight excluding hydrogens is 238 g/mol. The first-order valence-corrected chi connectivity index (χ1v) is 5.49. The summed E-state index contributed by atoms with van der Waals surface area (Å²) in [5.41, 5.74) is 3.67. The molecule has 0 aliphatic heterocycles. The summed E-state index contributed by atoms with van der Waals surface area (Å²) in [4.78, 5) is 0. The summed E-state index contributed by atoms with van der Waals surface area (Å²) < 4.78 is 28.3. The average molecular weight is 252 g/mol. The zero-order chi connectivity index (χ0) is 13.1. The van der Waals surface area contributed by atoms with Gasteiger partial charge in [0.05, 0.1) is 11.7 Å². The zero-order valence-corrected chi connectivity index (χ0v) is 9.90. The molecule has 1 atom stereocenters. The van der Waals surface area contributed by atoms with E-state index in [4.69, 9.17) is 5.84 Å². The van der Waals surface area contributed by atoms with E-state index in [1.807, 2.05) is 0 Å². The highest BCUT2D eigenvalue weighted by molar-refractivity contribution is 5.22. The normalized spacial score (nSPS) is 12.7. The third-order valence-electron chi connectivity index (χ3n) is 2.85. The van der Waals surface area contributed by atoms with Crippen molar-refractivity contribution in [3.63, 3.8) is 0 Å². The van der Waals surface area contributed by atoms with Crippen LogP contribution >= 0.6 is 0 Å². The maximum Gasteiger partial charge on any atom is 0.126 e. The van der Waals surface area contributed by atoms with Gasteiger partial charge in [0.1, 0.15) is 11.6 Å². The van der Waals surface area contributed by atoms with Crippen LogP contribution in [0.2, 0.25) is 0 Å². The molecule has 2 rings (SSSR count). The Morgan fingerprint density at radius 3 is 2.78 bits per heavy atom. The Morgan fingerprint density at radius 2 is 2.17 bits per heavy atom. The first-order chi connectivity index (χ1) is 8.61. The number of hydrazine groups is 1. The lowest BCUT2D eigenvalue weighted by Gasteiger charge is -2.16. The van der Waals surface area contributed by atoms with E-state index in [1.54, 1.807) is 24.0 Å². The molecule has 0 aliphatic rings. The van der Waals surface area contributed by atoms with Crippen LogP contribution in [0.1, 0.15) is 17.3 Å². The van der Waals surface area contributed by atoms with Crippen LogP contribution in [0.15, 0.2) is 30.5 Å². The van der Waals surface area contributed by atoms with Gasteiger partial charge >= 0.3 is 0 Å². The molecule has 0 aliphatic carbocycles. The fraction of sp³-hybridized carbons (Fsp3) is 0.250. The van der Waals surface area contributed by atoms with E-state index in [2.05, 4.69) is 10.5 Å². The largest absolute Gasteiger partial charge is 0.271 e. The van der Waals surface area contributed by atoms with Gasteiger partial charge in [0.2, 0.25) is 0 Å². The number of aryl methyl sites for hydroxylation is 1. The molecule has 1 unspecified atom stereocenters. The van der Waals surface area contributed by atoms with Gasteiger partial charge in [0.15, 0.2) is 0 Å². The number of hydrogen-bond acceptors (Lipinski definition) is 3. The second kappa shape index (κ2) is 5.24. The summed E-state index contributed by atoms with van der Waals surface area (Å²) in [7, 11) is 1.77. The van der Waals surface area contributed by atoms with Gasteiger partial charge < -0.3 is 0 Å². The minimum absolute atomic E-state index is 0.250. The molecule has 0 saturated carbocycles. The first-order valence-electron chi connectivity index (χ1n) is 5.49. The van der Waals surface area contributed by atoms with Crippen LogP contribution in [0, 0.1) is 11.6 Å². The van der Waals surface area contributed by atoms with Crippen molar-refractivity contribution in [3.8, 4) is 0 Å². The lowest BCUT2D eigenvalue weighted by molar-refractivity contribution is 0.492. The number of nitrogens with zero attached hydrogens (tertiary/aromatic N) is 2. The quantitative estimate of drug-likeness (QED) is 0.639. The van der Waals surface area contributed by atoms with Gasteiger partial charge in [-0.2, -0.15) is 5.10 Å². The lowest BCUT2D eigenvalue weighted by atomic mass is 10.0. The van der Waals surface area contributed by atoms with Crippen molar-refractivity contribution >= 4 is 0 Å². The molecule has 3 N–H and O–H groups in total. The van der Waals surface area contributed by atoms with Gasteiger partial charge in [-0.15, -0.1) is 0 Å². The Balaban J connectivity index is 2.26. The monoisotopic (exact) mass is 252 g/mol. The summed E-state index contributed by atoms with van der Waals surface area (Å²) in [6, 6.07) is 4.83. The molecule has 1 heterocycles. The highest BCUT2D eigenvalue weighted by atomic mass is 19.1. The van der Waals surface area contributed by atoms with E-state index in [0.29, 0.717) is 0 Å². The van der Waals surface area contributed by atoms with Gasteiger partial charge in [-0.05, 0) is 36.2 Å². The Bertz CT molecular complexity index is 539. The van der Waals surface area contributed by atoms with Crippen LogP contribution in [0.3, 0.4) is 0 Å². The smallest absolute Gasteiger partial charge is 0.126 e. The fourth-order valence-corrected chi connectivity index (χ4v) is 1.89. The molecule has 0 bridgehead atoms. The number of hydrogen-bond donors (Lipinski definition) is 2. The van der Waals surface area contributed by atoms with Crippen molar-refractivity contribution in [1.82, 2.24) is 15.2 Å². The summed E-state index contributed by atoms with van der Waals surface area (Å²) in [6.45, 7) is 0. The molecule has 0 saturated heterocycles. The van der Waals surface area contributed by atoms with Crippen LogP contribution in [0.4, 0.5) is 8.78 Å². The molecule has 1 aromatic heterocycles. The maximum atomic E-state index is 13.6. The first kappa shape index (κ1) is 12.7. The van der Waals surface area contributed by atoms with Gasteiger partial charge in [0, 0.05) is 13.2 Å². The third kappa shape index (κ3) is 2.55. The highest BCUT2D eigenvalue weighted by Crippen LogP contribution is 2.19. The van der Waals surface area contributed by atoms with E-state index in [-0.39, 0.29) is 18.0 Å². The molecular formula is C12H14F2N4. The standard InChI is InChI=1S/C12H14F2N4/c1-18-12(4-5-16-18)11(17-15)7-8-6-9(13)2-3-10(8)14/h2-6,11,17H,7,15H2,1H3. The van der Waals surface area contributed by atoms with Crippen molar-refractivity contribution in [2.45, 2.75) is 12.5 Å². The third-order valence-corrected chi connectivity index (χ3v) is 2.85. The predicted molar refractivity (Wildman–Crippen MR) is 63.3 cm³/mol. The summed E-state index contributed by atoms with van der Waals surface area (Å²) in [5.74, 6) is 4.55. The predicted octanol–water partition coefficient (Wildman–Crippen LogP) is 1.45. The molecule has 2 aromatic rings. The van der Waals surface area contributed by atoms with Gasteiger partial charge in [-0.25, -0.2) is 8.78 Å².